The van der Waals surface area contributed by atoms with E-state index >= 15 is 0 Å². The molecule has 0 aromatic heterocycles. The van der Waals surface area contributed by atoms with Crippen molar-refractivity contribution in [3.8, 4) is 0 Å². The maximum absolute atomic E-state index is 6.14. The zero-order chi connectivity index (χ0) is 14.1. The molecule has 7 atom stereocenters. The summed E-state index contributed by atoms with van der Waals surface area (Å²) in [7, 11) is 0. The number of nitrogens with one attached hydrogen (secondary N) is 1. The molecular weight excluding hydrogens is 246 g/mol. The number of rotatable bonds is 5. The quantitative estimate of drug-likeness (QED) is 0.821. The second-order valence-corrected chi connectivity index (χ2v) is 7.78. The van der Waals surface area contributed by atoms with Crippen LogP contribution in [-0.4, -0.2) is 24.8 Å². The Morgan fingerprint density at radius 3 is 2.50 bits per heavy atom. The first-order valence-electron chi connectivity index (χ1n) is 9.07. The van der Waals surface area contributed by atoms with Crippen LogP contribution in [0.4, 0.5) is 0 Å². The van der Waals surface area contributed by atoms with Crippen LogP contribution in [0.25, 0.3) is 0 Å². The minimum atomic E-state index is 0.573. The Kier molecular flexibility index (Phi) is 4.72. The van der Waals surface area contributed by atoms with Gasteiger partial charge in [-0.3, -0.25) is 0 Å². The molecule has 0 aromatic rings. The highest BCUT2D eigenvalue weighted by molar-refractivity contribution is 4.98. The van der Waals surface area contributed by atoms with Gasteiger partial charge in [-0.25, -0.2) is 0 Å². The molecule has 0 spiro atoms. The van der Waals surface area contributed by atoms with Gasteiger partial charge in [-0.15, -0.1) is 0 Å². The van der Waals surface area contributed by atoms with E-state index in [1.165, 1.54) is 51.5 Å². The highest BCUT2D eigenvalue weighted by atomic mass is 16.5. The van der Waals surface area contributed by atoms with Crippen molar-refractivity contribution >= 4 is 0 Å². The van der Waals surface area contributed by atoms with Gasteiger partial charge in [0.1, 0.15) is 0 Å². The highest BCUT2D eigenvalue weighted by Gasteiger charge is 2.46. The molecule has 1 N–H and O–H groups in total. The van der Waals surface area contributed by atoms with Gasteiger partial charge in [-0.05, 0) is 62.8 Å². The summed E-state index contributed by atoms with van der Waals surface area (Å²) in [5.41, 5.74) is 0. The molecule has 2 nitrogen and oxygen atoms in total. The fourth-order valence-electron chi connectivity index (χ4n) is 4.95. The number of hydrogen-bond acceptors (Lipinski definition) is 2. The maximum Gasteiger partial charge on any atom is 0.0623 e. The largest absolute Gasteiger partial charge is 0.375 e. The summed E-state index contributed by atoms with van der Waals surface area (Å²) in [5, 5.41) is 3.92. The summed E-state index contributed by atoms with van der Waals surface area (Å²) in [5.74, 6) is 3.51. The van der Waals surface area contributed by atoms with E-state index in [-0.39, 0.29) is 0 Å². The Bertz CT molecular complexity index is 319. The van der Waals surface area contributed by atoms with E-state index in [0.29, 0.717) is 12.2 Å². The molecule has 20 heavy (non-hydrogen) atoms. The average Bonchev–Trinajstić information content (AvgIpc) is 3.06. The number of ether oxygens (including phenoxy) is 1. The zero-order valence-corrected chi connectivity index (χ0v) is 13.6. The Morgan fingerprint density at radius 1 is 1.05 bits per heavy atom. The first kappa shape index (κ1) is 14.8. The molecule has 0 amide bonds. The first-order chi connectivity index (χ1) is 9.69. The molecule has 7 unspecified atom stereocenters. The standard InChI is InChI=1S/C18H33NO/c1-4-9-19-18(14-6-5-12(2)13(3)10-14)16-11-15-7-8-17(16)20-15/h12-19H,4-11H2,1-3H3. The van der Waals surface area contributed by atoms with Gasteiger partial charge in [-0.1, -0.05) is 27.2 Å². The Balaban J connectivity index is 1.66. The van der Waals surface area contributed by atoms with Crippen molar-refractivity contribution in [2.24, 2.45) is 23.7 Å². The molecule has 3 rings (SSSR count). The topological polar surface area (TPSA) is 21.3 Å². The SMILES string of the molecule is CCCNC(C1CCC(C)C(C)C1)C1CC2CCC1O2. The van der Waals surface area contributed by atoms with Gasteiger partial charge in [0, 0.05) is 12.0 Å². The normalized spacial score (nSPS) is 45.8. The summed E-state index contributed by atoms with van der Waals surface area (Å²) in [6, 6.07) is 0.722. The predicted octanol–water partition coefficient (Wildman–Crippen LogP) is 3.99. The molecule has 116 valence electrons. The van der Waals surface area contributed by atoms with E-state index in [1.54, 1.807) is 0 Å². The Labute approximate surface area is 125 Å². The first-order valence-corrected chi connectivity index (χ1v) is 9.07. The third kappa shape index (κ3) is 2.92. The van der Waals surface area contributed by atoms with Crippen LogP contribution >= 0.6 is 0 Å². The number of fused-ring (bicyclic) bond motifs is 2. The minimum absolute atomic E-state index is 0.573. The minimum Gasteiger partial charge on any atom is -0.375 e. The third-order valence-electron chi connectivity index (χ3n) is 6.39. The van der Waals surface area contributed by atoms with Gasteiger partial charge < -0.3 is 10.1 Å². The lowest BCUT2D eigenvalue weighted by atomic mass is 9.68. The fourth-order valence-corrected chi connectivity index (χ4v) is 4.95. The van der Waals surface area contributed by atoms with Crippen molar-refractivity contribution < 1.29 is 4.74 Å². The molecule has 2 bridgehead atoms. The van der Waals surface area contributed by atoms with E-state index in [4.69, 9.17) is 4.74 Å². The Hall–Kier alpha value is -0.0800. The van der Waals surface area contributed by atoms with Gasteiger partial charge in [0.2, 0.25) is 0 Å². The molecular formula is C18H33NO. The van der Waals surface area contributed by atoms with Crippen LogP contribution in [0, 0.1) is 23.7 Å². The summed E-state index contributed by atoms with van der Waals surface area (Å²) in [6.45, 7) is 8.37. The van der Waals surface area contributed by atoms with E-state index in [2.05, 4.69) is 26.1 Å². The third-order valence-corrected chi connectivity index (χ3v) is 6.39. The fraction of sp³-hybridized carbons (Fsp3) is 1.00. The summed E-state index contributed by atoms with van der Waals surface area (Å²) in [4.78, 5) is 0. The molecule has 2 heterocycles. The van der Waals surface area contributed by atoms with E-state index in [0.717, 1.165) is 29.7 Å². The molecule has 2 heteroatoms. The second-order valence-electron chi connectivity index (χ2n) is 7.78. The van der Waals surface area contributed by atoms with Crippen molar-refractivity contribution in [2.45, 2.75) is 84.0 Å². The van der Waals surface area contributed by atoms with Crippen LogP contribution < -0.4 is 5.32 Å². The summed E-state index contributed by atoms with van der Waals surface area (Å²) >= 11 is 0. The maximum atomic E-state index is 6.14. The monoisotopic (exact) mass is 279 g/mol. The van der Waals surface area contributed by atoms with Crippen LogP contribution in [0.5, 0.6) is 0 Å². The molecule has 2 saturated heterocycles. The molecule has 0 aromatic carbocycles. The van der Waals surface area contributed by atoms with Gasteiger partial charge in [0.15, 0.2) is 0 Å². The summed E-state index contributed by atoms with van der Waals surface area (Å²) in [6.07, 6.45) is 10.7. The van der Waals surface area contributed by atoms with Gasteiger partial charge in [0.25, 0.3) is 0 Å². The lowest BCUT2D eigenvalue weighted by molar-refractivity contribution is 0.0684. The van der Waals surface area contributed by atoms with Crippen LogP contribution in [0.2, 0.25) is 0 Å². The van der Waals surface area contributed by atoms with Crippen LogP contribution in [0.15, 0.2) is 0 Å². The Morgan fingerprint density at radius 2 is 1.90 bits per heavy atom. The second kappa shape index (κ2) is 6.36. The number of hydrogen-bond donors (Lipinski definition) is 1. The summed E-state index contributed by atoms with van der Waals surface area (Å²) < 4.78 is 6.14. The van der Waals surface area contributed by atoms with Gasteiger partial charge in [0.05, 0.1) is 12.2 Å². The molecule has 3 fully saturated rings. The lowest BCUT2D eigenvalue weighted by Crippen LogP contribution is -2.48. The van der Waals surface area contributed by atoms with E-state index in [9.17, 15) is 0 Å². The van der Waals surface area contributed by atoms with Crippen molar-refractivity contribution in [1.82, 2.24) is 5.32 Å². The zero-order valence-electron chi connectivity index (χ0n) is 13.6. The van der Waals surface area contributed by atoms with Gasteiger partial charge >= 0.3 is 0 Å². The van der Waals surface area contributed by atoms with Crippen LogP contribution in [0.3, 0.4) is 0 Å². The van der Waals surface area contributed by atoms with Crippen LogP contribution in [-0.2, 0) is 4.74 Å². The predicted molar refractivity (Wildman–Crippen MR) is 83.8 cm³/mol. The highest BCUT2D eigenvalue weighted by Crippen LogP contribution is 2.45. The van der Waals surface area contributed by atoms with Crippen molar-refractivity contribution in [1.29, 1.82) is 0 Å². The molecule has 3 aliphatic rings. The molecule has 1 saturated carbocycles. The molecule has 2 aliphatic heterocycles. The average molecular weight is 279 g/mol. The smallest absolute Gasteiger partial charge is 0.0623 e. The van der Waals surface area contributed by atoms with E-state index < -0.39 is 0 Å². The molecule has 0 radical (unpaired) electrons. The van der Waals surface area contributed by atoms with E-state index in [1.807, 2.05) is 0 Å². The van der Waals surface area contributed by atoms with Crippen molar-refractivity contribution in [3.05, 3.63) is 0 Å². The lowest BCUT2D eigenvalue weighted by Gasteiger charge is -2.41. The van der Waals surface area contributed by atoms with Crippen LogP contribution in [0.1, 0.15) is 65.7 Å². The van der Waals surface area contributed by atoms with Gasteiger partial charge in [-0.2, -0.15) is 0 Å². The molecule has 1 aliphatic carbocycles. The van der Waals surface area contributed by atoms with Crippen molar-refractivity contribution in [2.75, 3.05) is 6.54 Å². The van der Waals surface area contributed by atoms with Crippen molar-refractivity contribution in [3.63, 3.8) is 0 Å².